The molecule has 1 unspecified atom stereocenters. The lowest BCUT2D eigenvalue weighted by atomic mass is 10.2. The fourth-order valence-electron chi connectivity index (χ4n) is 2.64. The van der Waals surface area contributed by atoms with E-state index in [0.29, 0.717) is 12.1 Å². The second-order valence-corrected chi connectivity index (χ2v) is 8.48. The number of carbonyl (C=O) groups is 3. The van der Waals surface area contributed by atoms with Gasteiger partial charge in [-0.05, 0) is 31.5 Å². The molecule has 0 aliphatic rings. The summed E-state index contributed by atoms with van der Waals surface area (Å²) in [7, 11) is -2.38. The third-order valence-electron chi connectivity index (χ3n) is 4.27. The average molecular weight is 432 g/mol. The molecule has 2 aromatic carbocycles. The van der Waals surface area contributed by atoms with E-state index in [9.17, 15) is 22.8 Å². The van der Waals surface area contributed by atoms with Gasteiger partial charge in [-0.2, -0.15) is 4.72 Å². The van der Waals surface area contributed by atoms with E-state index < -0.39 is 34.5 Å². The maximum Gasteiger partial charge on any atom is 0.321 e. The number of nitrogens with one attached hydrogen (secondary N) is 1. The molecule has 9 heteroatoms. The lowest BCUT2D eigenvalue weighted by Gasteiger charge is -2.21. The van der Waals surface area contributed by atoms with Gasteiger partial charge in [0, 0.05) is 19.2 Å². The second-order valence-electron chi connectivity index (χ2n) is 6.72. The molecule has 30 heavy (non-hydrogen) atoms. The Morgan fingerprint density at radius 2 is 1.63 bits per heavy atom. The molecule has 0 spiro atoms. The fourth-order valence-corrected chi connectivity index (χ4v) is 3.61. The Bertz CT molecular complexity index is 1000. The summed E-state index contributed by atoms with van der Waals surface area (Å²) in [5.74, 6) is -1.48. The molecular weight excluding hydrogens is 408 g/mol. The van der Waals surface area contributed by atoms with Crippen molar-refractivity contribution in [3.63, 3.8) is 0 Å². The van der Waals surface area contributed by atoms with Gasteiger partial charge in [0.05, 0.1) is 4.90 Å². The predicted molar refractivity (Wildman–Crippen MR) is 110 cm³/mol. The Kier molecular flexibility index (Phi) is 7.85. The maximum absolute atomic E-state index is 12.4. The molecule has 0 heterocycles. The molecule has 0 aliphatic heterocycles. The smallest absolute Gasteiger partial charge is 0.321 e. The van der Waals surface area contributed by atoms with Gasteiger partial charge in [0.25, 0.3) is 5.91 Å². The third kappa shape index (κ3) is 6.50. The van der Waals surface area contributed by atoms with Crippen LogP contribution in [0, 0.1) is 0 Å². The number of hydrogen-bond acceptors (Lipinski definition) is 6. The van der Waals surface area contributed by atoms with Crippen molar-refractivity contribution in [3.05, 3.63) is 65.7 Å². The Balaban J connectivity index is 1.88. The van der Waals surface area contributed by atoms with E-state index in [4.69, 9.17) is 4.74 Å². The Hall–Kier alpha value is -3.04. The first-order valence-electron chi connectivity index (χ1n) is 9.19. The molecule has 8 nitrogen and oxygen atoms in total. The van der Waals surface area contributed by atoms with E-state index in [2.05, 4.69) is 4.72 Å². The van der Waals surface area contributed by atoms with Crippen molar-refractivity contribution in [1.82, 2.24) is 9.62 Å². The molecule has 0 aliphatic carbocycles. The highest BCUT2D eigenvalue weighted by Gasteiger charge is 2.23. The zero-order valence-electron chi connectivity index (χ0n) is 17.0. The molecule has 0 fully saturated rings. The fraction of sp³-hybridized carbons (Fsp3) is 0.286. The molecule has 1 N–H and O–H groups in total. The predicted octanol–water partition coefficient (Wildman–Crippen LogP) is 1.76. The highest BCUT2D eigenvalue weighted by molar-refractivity contribution is 7.89. The van der Waals surface area contributed by atoms with Crippen molar-refractivity contribution < 1.29 is 27.5 Å². The number of carbonyl (C=O) groups excluding carboxylic acids is 3. The standard InChI is InChI=1S/C21H24N2O6S/c1-15(24)18-9-11-19(12-10-18)30(27,28)22-13-20(25)29-16(2)21(26)23(3)14-17-7-5-4-6-8-17/h4-12,16,22H,13-14H2,1-3H3. The molecule has 1 atom stereocenters. The first kappa shape index (κ1) is 23.2. The summed E-state index contributed by atoms with van der Waals surface area (Å²) in [6.07, 6.45) is -1.06. The minimum atomic E-state index is -3.97. The number of ketones is 1. The number of likely N-dealkylation sites (N-methyl/N-ethyl adjacent to an activating group) is 1. The van der Waals surface area contributed by atoms with Crippen LogP contribution in [0.15, 0.2) is 59.5 Å². The van der Waals surface area contributed by atoms with Crippen molar-refractivity contribution >= 4 is 27.7 Å². The van der Waals surface area contributed by atoms with Gasteiger partial charge in [-0.15, -0.1) is 0 Å². The number of hydrogen-bond donors (Lipinski definition) is 1. The minimum Gasteiger partial charge on any atom is -0.452 e. The maximum atomic E-state index is 12.4. The Labute approximate surface area is 175 Å². The van der Waals surface area contributed by atoms with E-state index in [1.54, 1.807) is 7.05 Å². The van der Waals surface area contributed by atoms with Gasteiger partial charge in [-0.25, -0.2) is 8.42 Å². The summed E-state index contributed by atoms with van der Waals surface area (Å²) >= 11 is 0. The number of benzene rings is 2. The molecule has 0 aromatic heterocycles. The molecule has 2 aromatic rings. The van der Waals surface area contributed by atoms with Crippen LogP contribution in [0.1, 0.15) is 29.8 Å². The molecule has 0 saturated heterocycles. The molecule has 1 amide bonds. The number of esters is 1. The van der Waals surface area contributed by atoms with Gasteiger partial charge in [0.1, 0.15) is 6.54 Å². The summed E-state index contributed by atoms with van der Waals surface area (Å²) in [4.78, 5) is 37.0. The molecule has 0 saturated carbocycles. The largest absolute Gasteiger partial charge is 0.452 e. The first-order chi connectivity index (χ1) is 14.1. The van der Waals surface area contributed by atoms with Crippen LogP contribution < -0.4 is 4.72 Å². The zero-order valence-corrected chi connectivity index (χ0v) is 17.8. The van der Waals surface area contributed by atoms with Gasteiger partial charge in [-0.1, -0.05) is 42.5 Å². The molecule has 2 rings (SSSR count). The van der Waals surface area contributed by atoms with E-state index >= 15 is 0 Å². The number of nitrogens with zero attached hydrogens (tertiary/aromatic N) is 1. The lowest BCUT2D eigenvalue weighted by Crippen LogP contribution is -2.39. The van der Waals surface area contributed by atoms with Gasteiger partial charge in [-0.3, -0.25) is 14.4 Å². The summed E-state index contributed by atoms with van der Waals surface area (Å²) in [5.41, 5.74) is 1.30. The first-order valence-corrected chi connectivity index (χ1v) is 10.7. The van der Waals surface area contributed by atoms with Crippen molar-refractivity contribution in [2.24, 2.45) is 0 Å². The lowest BCUT2D eigenvalue weighted by molar-refractivity contribution is -0.157. The second kappa shape index (κ2) is 10.1. The van der Waals surface area contributed by atoms with E-state index in [-0.39, 0.29) is 10.7 Å². The normalized spacial score (nSPS) is 12.1. The summed E-state index contributed by atoms with van der Waals surface area (Å²) < 4.78 is 31.7. The van der Waals surface area contributed by atoms with Gasteiger partial charge in [0.15, 0.2) is 11.9 Å². The quantitative estimate of drug-likeness (QED) is 0.478. The van der Waals surface area contributed by atoms with Crippen molar-refractivity contribution in [2.45, 2.75) is 31.4 Å². The Morgan fingerprint density at radius 1 is 1.03 bits per heavy atom. The molecule has 160 valence electrons. The van der Waals surface area contributed by atoms with Crippen LogP contribution >= 0.6 is 0 Å². The number of Topliss-reactive ketones (excluding diaryl/α,β-unsaturated/α-hetero) is 1. The number of sulfonamides is 1. The van der Waals surface area contributed by atoms with Crippen LogP contribution in [-0.4, -0.2) is 50.7 Å². The van der Waals surface area contributed by atoms with E-state index in [1.165, 1.54) is 43.0 Å². The summed E-state index contributed by atoms with van der Waals surface area (Å²) in [6, 6.07) is 14.7. The van der Waals surface area contributed by atoms with Crippen LogP contribution in [0.2, 0.25) is 0 Å². The van der Waals surface area contributed by atoms with Crippen molar-refractivity contribution in [2.75, 3.05) is 13.6 Å². The van der Waals surface area contributed by atoms with Crippen molar-refractivity contribution in [3.8, 4) is 0 Å². The molecular formula is C21H24N2O6S. The SMILES string of the molecule is CC(=O)c1ccc(S(=O)(=O)NCC(=O)OC(C)C(=O)N(C)Cc2ccccc2)cc1. The van der Waals surface area contributed by atoms with Crippen LogP contribution in [0.25, 0.3) is 0 Å². The zero-order chi connectivity index (χ0) is 22.3. The van der Waals surface area contributed by atoms with Gasteiger partial charge >= 0.3 is 5.97 Å². The van der Waals surface area contributed by atoms with Crippen LogP contribution in [-0.2, 0) is 30.9 Å². The monoisotopic (exact) mass is 432 g/mol. The number of ether oxygens (including phenoxy) is 1. The summed E-state index contributed by atoms with van der Waals surface area (Å²) in [6.45, 7) is 2.52. The van der Waals surface area contributed by atoms with Crippen LogP contribution in [0.3, 0.4) is 0 Å². The highest BCUT2D eigenvalue weighted by Crippen LogP contribution is 2.11. The number of amides is 1. The highest BCUT2D eigenvalue weighted by atomic mass is 32.2. The minimum absolute atomic E-state index is 0.0907. The average Bonchev–Trinajstić information content (AvgIpc) is 2.72. The topological polar surface area (TPSA) is 110 Å². The molecule has 0 radical (unpaired) electrons. The number of rotatable bonds is 9. The third-order valence-corrected chi connectivity index (χ3v) is 5.69. The van der Waals surface area contributed by atoms with Gasteiger partial charge in [0.2, 0.25) is 10.0 Å². The Morgan fingerprint density at radius 3 is 2.20 bits per heavy atom. The van der Waals surface area contributed by atoms with E-state index in [1.807, 2.05) is 30.3 Å². The van der Waals surface area contributed by atoms with Crippen LogP contribution in [0.4, 0.5) is 0 Å². The van der Waals surface area contributed by atoms with Crippen molar-refractivity contribution in [1.29, 1.82) is 0 Å². The summed E-state index contributed by atoms with van der Waals surface area (Å²) in [5, 5.41) is 0. The van der Waals surface area contributed by atoms with Gasteiger partial charge < -0.3 is 9.64 Å². The molecule has 0 bridgehead atoms. The van der Waals surface area contributed by atoms with E-state index in [0.717, 1.165) is 5.56 Å². The van der Waals surface area contributed by atoms with Crippen LogP contribution in [0.5, 0.6) is 0 Å².